The summed E-state index contributed by atoms with van der Waals surface area (Å²) in [5.74, 6) is -0.00920. The van der Waals surface area contributed by atoms with E-state index in [9.17, 15) is 18.0 Å². The van der Waals surface area contributed by atoms with Gasteiger partial charge < -0.3 is 19.4 Å². The molecule has 2 amide bonds. The fraction of sp³-hybridized carbons (Fsp3) is 0.267. The standard InChI is InChI=1S/C30H30ClN3O6S/c1-17-13-21(14-18(2)29(17)31)39-12-6-11-34-20(4)19(3)28-23(7-5-8-25(28)34)30(36)33-41(37,38)22-9-10-26-24(15-22)32-27(35)16-40-26/h5,7-10,13-15H,6,11-12,16H2,1-4H3,(H,32,35)(H,33,36). The number of nitrogens with one attached hydrogen (secondary N) is 2. The van der Waals surface area contributed by atoms with Crippen molar-refractivity contribution in [2.24, 2.45) is 0 Å². The normalized spacial score (nSPS) is 13.0. The minimum Gasteiger partial charge on any atom is -0.494 e. The molecule has 4 aromatic rings. The van der Waals surface area contributed by atoms with Crippen LogP contribution >= 0.6 is 11.6 Å². The van der Waals surface area contributed by atoms with Gasteiger partial charge in [0, 0.05) is 28.2 Å². The summed E-state index contributed by atoms with van der Waals surface area (Å²) in [6.07, 6.45) is 0.716. The first-order valence-corrected chi connectivity index (χ1v) is 14.9. The van der Waals surface area contributed by atoms with E-state index in [0.717, 1.165) is 38.7 Å². The number of nitrogens with zero attached hydrogens (tertiary/aromatic N) is 1. The molecule has 1 aliphatic rings. The maximum absolute atomic E-state index is 13.3. The maximum Gasteiger partial charge on any atom is 0.265 e. The summed E-state index contributed by atoms with van der Waals surface area (Å²) < 4.78 is 41.8. The van der Waals surface area contributed by atoms with Gasteiger partial charge in [0.25, 0.3) is 21.8 Å². The van der Waals surface area contributed by atoms with E-state index in [0.29, 0.717) is 30.7 Å². The van der Waals surface area contributed by atoms with Crippen molar-refractivity contribution in [3.05, 3.63) is 81.5 Å². The lowest BCUT2D eigenvalue weighted by Gasteiger charge is -2.18. The summed E-state index contributed by atoms with van der Waals surface area (Å²) >= 11 is 6.26. The van der Waals surface area contributed by atoms with Gasteiger partial charge in [0.2, 0.25) is 0 Å². The van der Waals surface area contributed by atoms with Crippen LogP contribution in [-0.4, -0.2) is 38.0 Å². The molecule has 0 aliphatic carbocycles. The largest absolute Gasteiger partial charge is 0.494 e. The third-order valence-electron chi connectivity index (χ3n) is 7.23. The molecule has 41 heavy (non-hydrogen) atoms. The van der Waals surface area contributed by atoms with Gasteiger partial charge in [0.1, 0.15) is 11.5 Å². The maximum atomic E-state index is 13.3. The summed E-state index contributed by atoms with van der Waals surface area (Å²) in [5.41, 5.74) is 5.11. The molecule has 5 rings (SSSR count). The number of carbonyl (C=O) groups is 2. The molecule has 11 heteroatoms. The second kappa shape index (κ2) is 11.1. The lowest BCUT2D eigenvalue weighted by atomic mass is 10.1. The second-order valence-corrected chi connectivity index (χ2v) is 12.1. The molecule has 1 aromatic heterocycles. The van der Waals surface area contributed by atoms with Crippen molar-refractivity contribution in [1.82, 2.24) is 9.29 Å². The van der Waals surface area contributed by atoms with Crippen molar-refractivity contribution in [3.63, 3.8) is 0 Å². The third kappa shape index (κ3) is 5.62. The van der Waals surface area contributed by atoms with Gasteiger partial charge in [-0.1, -0.05) is 17.7 Å². The molecule has 1 aliphatic heterocycles. The number of aromatic nitrogens is 1. The third-order valence-corrected chi connectivity index (χ3v) is 9.15. The Bertz CT molecular complexity index is 1790. The zero-order chi connectivity index (χ0) is 29.5. The molecule has 0 spiro atoms. The summed E-state index contributed by atoms with van der Waals surface area (Å²) in [6.45, 7) is 8.77. The molecule has 0 saturated carbocycles. The van der Waals surface area contributed by atoms with Crippen LogP contribution in [0.15, 0.2) is 53.4 Å². The number of aryl methyl sites for hydroxylation is 4. The number of fused-ring (bicyclic) bond motifs is 2. The number of rotatable bonds is 8. The Morgan fingerprint density at radius 3 is 2.56 bits per heavy atom. The zero-order valence-electron chi connectivity index (χ0n) is 23.1. The molecule has 9 nitrogen and oxygen atoms in total. The van der Waals surface area contributed by atoms with Gasteiger partial charge in [0.15, 0.2) is 6.61 Å². The van der Waals surface area contributed by atoms with Crippen LogP contribution in [0.4, 0.5) is 5.69 Å². The van der Waals surface area contributed by atoms with Crippen LogP contribution in [0.1, 0.15) is 39.2 Å². The zero-order valence-corrected chi connectivity index (χ0v) is 24.7. The van der Waals surface area contributed by atoms with Crippen molar-refractivity contribution in [2.75, 3.05) is 18.5 Å². The van der Waals surface area contributed by atoms with E-state index in [-0.39, 0.29) is 28.7 Å². The van der Waals surface area contributed by atoms with E-state index < -0.39 is 15.9 Å². The minimum atomic E-state index is -4.23. The highest BCUT2D eigenvalue weighted by Crippen LogP contribution is 2.32. The SMILES string of the molecule is Cc1cc(OCCCn2c(C)c(C)c3c(C(=O)NS(=O)(=O)c4ccc5c(c4)NC(=O)CO5)cccc32)cc(C)c1Cl. The van der Waals surface area contributed by atoms with Crippen LogP contribution in [-0.2, 0) is 21.4 Å². The number of benzene rings is 3. The Morgan fingerprint density at radius 2 is 1.83 bits per heavy atom. The minimum absolute atomic E-state index is 0.146. The summed E-state index contributed by atoms with van der Waals surface area (Å²) in [7, 11) is -4.23. The fourth-order valence-electron chi connectivity index (χ4n) is 5.07. The van der Waals surface area contributed by atoms with Gasteiger partial charge >= 0.3 is 0 Å². The van der Waals surface area contributed by atoms with Crippen LogP contribution in [0.3, 0.4) is 0 Å². The van der Waals surface area contributed by atoms with E-state index in [1.165, 1.54) is 18.2 Å². The van der Waals surface area contributed by atoms with Crippen molar-refractivity contribution in [1.29, 1.82) is 0 Å². The first-order chi connectivity index (χ1) is 19.5. The van der Waals surface area contributed by atoms with Crippen LogP contribution in [0, 0.1) is 27.7 Å². The van der Waals surface area contributed by atoms with Gasteiger partial charge in [-0.3, -0.25) is 9.59 Å². The van der Waals surface area contributed by atoms with Gasteiger partial charge in [0.05, 0.1) is 22.8 Å². The molecule has 0 atom stereocenters. The Kier molecular flexibility index (Phi) is 7.72. The topological polar surface area (TPSA) is 116 Å². The average molecular weight is 596 g/mol. The van der Waals surface area contributed by atoms with Gasteiger partial charge in [-0.05, 0) is 93.3 Å². The van der Waals surface area contributed by atoms with E-state index in [1.807, 2.05) is 45.9 Å². The quantitative estimate of drug-likeness (QED) is 0.262. The predicted molar refractivity (Wildman–Crippen MR) is 158 cm³/mol. The number of sulfonamides is 1. The molecule has 0 bridgehead atoms. The molecule has 214 valence electrons. The van der Waals surface area contributed by atoms with Crippen molar-refractivity contribution in [3.8, 4) is 11.5 Å². The fourth-order valence-corrected chi connectivity index (χ4v) is 6.17. The number of halogens is 1. The molecule has 3 aromatic carbocycles. The lowest BCUT2D eigenvalue weighted by molar-refractivity contribution is -0.118. The molecule has 0 saturated heterocycles. The van der Waals surface area contributed by atoms with Crippen molar-refractivity contribution >= 4 is 50.0 Å². The highest BCUT2D eigenvalue weighted by Gasteiger charge is 2.25. The predicted octanol–water partition coefficient (Wildman–Crippen LogP) is 5.45. The molecule has 2 heterocycles. The Hall–Kier alpha value is -4.02. The van der Waals surface area contributed by atoms with Gasteiger partial charge in [-0.15, -0.1) is 0 Å². The molecule has 0 fully saturated rings. The van der Waals surface area contributed by atoms with E-state index in [1.54, 1.807) is 12.1 Å². The van der Waals surface area contributed by atoms with Crippen LogP contribution in [0.5, 0.6) is 11.5 Å². The van der Waals surface area contributed by atoms with E-state index in [4.69, 9.17) is 21.1 Å². The number of carbonyl (C=O) groups excluding carboxylic acids is 2. The van der Waals surface area contributed by atoms with Gasteiger partial charge in [-0.25, -0.2) is 13.1 Å². The Labute approximate surface area is 243 Å². The number of hydrogen-bond acceptors (Lipinski definition) is 6. The average Bonchev–Trinajstić information content (AvgIpc) is 3.18. The molecular formula is C30H30ClN3O6S. The highest BCUT2D eigenvalue weighted by molar-refractivity contribution is 7.90. The summed E-state index contributed by atoms with van der Waals surface area (Å²) in [4.78, 5) is 24.8. The summed E-state index contributed by atoms with van der Waals surface area (Å²) in [6, 6.07) is 13.1. The number of anilines is 1. The lowest BCUT2D eigenvalue weighted by Crippen LogP contribution is -2.31. The Morgan fingerprint density at radius 1 is 1.10 bits per heavy atom. The van der Waals surface area contributed by atoms with Gasteiger partial charge in [-0.2, -0.15) is 0 Å². The number of amides is 2. The number of ether oxygens (including phenoxy) is 2. The molecular weight excluding hydrogens is 566 g/mol. The van der Waals surface area contributed by atoms with Crippen molar-refractivity contribution in [2.45, 2.75) is 45.6 Å². The monoisotopic (exact) mass is 595 g/mol. The van der Waals surface area contributed by atoms with E-state index >= 15 is 0 Å². The molecule has 2 N–H and O–H groups in total. The van der Waals surface area contributed by atoms with Crippen LogP contribution < -0.4 is 19.5 Å². The van der Waals surface area contributed by atoms with Crippen molar-refractivity contribution < 1.29 is 27.5 Å². The van der Waals surface area contributed by atoms with Crippen LogP contribution in [0.25, 0.3) is 10.9 Å². The number of hydrogen-bond donors (Lipinski definition) is 2. The molecule has 0 radical (unpaired) electrons. The molecule has 0 unspecified atom stereocenters. The summed E-state index contributed by atoms with van der Waals surface area (Å²) in [5, 5.41) is 4.00. The first kappa shape index (κ1) is 28.5. The smallest absolute Gasteiger partial charge is 0.265 e. The first-order valence-electron chi connectivity index (χ1n) is 13.1. The van der Waals surface area contributed by atoms with E-state index in [2.05, 4.69) is 14.6 Å². The highest BCUT2D eigenvalue weighted by atomic mass is 35.5. The Balaban J connectivity index is 1.34. The van der Waals surface area contributed by atoms with Crippen LogP contribution in [0.2, 0.25) is 5.02 Å². The second-order valence-electron chi connectivity index (χ2n) is 10.1.